The summed E-state index contributed by atoms with van der Waals surface area (Å²) in [6.45, 7) is 11.0. The zero-order valence-corrected chi connectivity index (χ0v) is 29.8. The van der Waals surface area contributed by atoms with Crippen molar-refractivity contribution < 1.29 is 30.0 Å². The summed E-state index contributed by atoms with van der Waals surface area (Å²) in [7, 11) is 0. The first kappa shape index (κ1) is 35.4. The highest BCUT2D eigenvalue weighted by atomic mass is 16.3. The highest BCUT2D eigenvalue weighted by Crippen LogP contribution is 2.53. The van der Waals surface area contributed by atoms with Gasteiger partial charge in [-0.25, -0.2) is 0 Å². The molecule has 0 heterocycles. The number of phenols is 2. The molecule has 2 aliphatic rings. The fourth-order valence-corrected chi connectivity index (χ4v) is 7.05. The first-order valence-electron chi connectivity index (χ1n) is 17.1. The third-order valence-corrected chi connectivity index (χ3v) is 9.36. The summed E-state index contributed by atoms with van der Waals surface area (Å²) in [5.41, 5.74) is 17.1. The van der Waals surface area contributed by atoms with Crippen LogP contribution in [0, 0.1) is 25.7 Å². The number of aliphatic hydroxyl groups excluding tert-OH is 2. The Morgan fingerprint density at radius 2 is 0.885 bits per heavy atom. The molecule has 0 unspecified atom stereocenters. The number of ketones is 2. The lowest BCUT2D eigenvalue weighted by Gasteiger charge is -2.29. The van der Waals surface area contributed by atoms with Crippen molar-refractivity contribution in [1.29, 1.82) is 0 Å². The summed E-state index contributed by atoms with van der Waals surface area (Å²) in [5, 5.41) is 46.9. The van der Waals surface area contributed by atoms with E-state index in [4.69, 9.17) is 0 Å². The number of anilines is 2. The molecule has 10 heteroatoms. The number of para-hydroxylation sites is 2. The Labute approximate surface area is 302 Å². The van der Waals surface area contributed by atoms with Gasteiger partial charge in [0.05, 0.1) is 22.5 Å². The monoisotopic (exact) mass is 698 g/mol. The molecule has 8 N–H and O–H groups in total. The summed E-state index contributed by atoms with van der Waals surface area (Å²) < 4.78 is 0. The standard InChI is InChI=1S/C42H42N4O6/c1-21(2)31-27-17-23(5)33(39(49)35(27)29(37(47)41(31)51)19-43-45-25-13-9-7-10-14-25)34-24(6)18-28-32(22(3)4)42(52)38(48)30(36(28)40(34)50)20-44-46-26-15-11-8-12-16-26/h7-22,43-46,49-52H,1-6H3. The zero-order valence-electron chi connectivity index (χ0n) is 29.8. The zero-order chi connectivity index (χ0) is 37.4. The molecule has 0 aliphatic heterocycles. The summed E-state index contributed by atoms with van der Waals surface area (Å²) >= 11 is 0. The molecule has 266 valence electrons. The van der Waals surface area contributed by atoms with Crippen molar-refractivity contribution in [2.24, 2.45) is 11.8 Å². The molecule has 2 aliphatic carbocycles. The first-order valence-corrected chi connectivity index (χ1v) is 17.1. The number of carbonyl (C=O) groups is 2. The van der Waals surface area contributed by atoms with Gasteiger partial charge in [0.15, 0.2) is 11.5 Å². The van der Waals surface area contributed by atoms with Gasteiger partial charge in [-0.1, -0.05) is 76.2 Å². The maximum absolute atomic E-state index is 13.8. The van der Waals surface area contributed by atoms with E-state index in [1.165, 1.54) is 12.4 Å². The lowest BCUT2D eigenvalue weighted by molar-refractivity contribution is -0.113. The maximum Gasteiger partial charge on any atom is 0.229 e. The minimum atomic E-state index is -0.676. The third kappa shape index (κ3) is 6.12. The van der Waals surface area contributed by atoms with Crippen molar-refractivity contribution in [2.45, 2.75) is 41.5 Å². The molecule has 0 fully saturated rings. The number of rotatable bonds is 9. The van der Waals surface area contributed by atoms with E-state index in [2.05, 4.69) is 21.7 Å². The summed E-state index contributed by atoms with van der Waals surface area (Å²) in [5.74, 6) is -3.27. The van der Waals surface area contributed by atoms with Crippen molar-refractivity contribution in [3.63, 3.8) is 0 Å². The van der Waals surface area contributed by atoms with Crippen LogP contribution in [-0.2, 0) is 9.59 Å². The Kier molecular flexibility index (Phi) is 9.58. The van der Waals surface area contributed by atoms with E-state index in [9.17, 15) is 30.0 Å². The average Bonchev–Trinajstić information content (AvgIpc) is 3.10. The van der Waals surface area contributed by atoms with Gasteiger partial charge in [-0.2, -0.15) is 0 Å². The van der Waals surface area contributed by atoms with Crippen molar-refractivity contribution >= 4 is 45.2 Å². The summed E-state index contributed by atoms with van der Waals surface area (Å²) in [6, 6.07) is 22.0. The van der Waals surface area contributed by atoms with Crippen LogP contribution >= 0.6 is 0 Å². The van der Waals surface area contributed by atoms with Gasteiger partial charge >= 0.3 is 0 Å². The molecule has 10 nitrogen and oxygen atoms in total. The number of nitrogens with one attached hydrogen (secondary N) is 4. The number of hydrazine groups is 2. The lowest BCUT2D eigenvalue weighted by atomic mass is 9.75. The Hall–Kier alpha value is -6.42. The highest BCUT2D eigenvalue weighted by molar-refractivity contribution is 6.35. The molecule has 4 aromatic carbocycles. The minimum Gasteiger partial charge on any atom is -0.507 e. The molecule has 0 bridgehead atoms. The van der Waals surface area contributed by atoms with Gasteiger partial charge in [0, 0.05) is 45.8 Å². The molecule has 0 atom stereocenters. The predicted molar refractivity (Wildman–Crippen MR) is 206 cm³/mol. The average molecular weight is 699 g/mol. The van der Waals surface area contributed by atoms with Crippen molar-refractivity contribution in [2.75, 3.05) is 10.9 Å². The van der Waals surface area contributed by atoms with Gasteiger partial charge in [-0.15, -0.1) is 0 Å². The largest absolute Gasteiger partial charge is 0.507 e. The molecule has 0 radical (unpaired) electrons. The van der Waals surface area contributed by atoms with E-state index in [0.717, 1.165) is 11.4 Å². The number of aromatic hydroxyl groups is 2. The number of hydrogen-bond donors (Lipinski definition) is 8. The van der Waals surface area contributed by atoms with Crippen LogP contribution in [-0.4, -0.2) is 32.0 Å². The van der Waals surface area contributed by atoms with E-state index in [1.54, 1.807) is 26.0 Å². The fraction of sp³-hybridized carbons (Fsp3) is 0.190. The Bertz CT molecular complexity index is 2070. The number of allylic oxidation sites excluding steroid dienone is 4. The molecule has 0 amide bonds. The van der Waals surface area contributed by atoms with Crippen molar-refractivity contribution in [1.82, 2.24) is 10.9 Å². The van der Waals surface area contributed by atoms with Gasteiger partial charge in [-0.3, -0.25) is 9.59 Å². The molecule has 0 saturated carbocycles. The second-order valence-electron chi connectivity index (χ2n) is 13.6. The van der Waals surface area contributed by atoms with Crippen LogP contribution < -0.4 is 21.7 Å². The number of carbonyl (C=O) groups excluding carboxylic acids is 2. The fourth-order valence-electron chi connectivity index (χ4n) is 7.05. The van der Waals surface area contributed by atoms with Crippen LogP contribution in [0.1, 0.15) is 61.1 Å². The van der Waals surface area contributed by atoms with Crippen molar-refractivity contribution in [3.05, 3.63) is 130 Å². The third-order valence-electron chi connectivity index (χ3n) is 9.36. The molecule has 6 rings (SSSR count). The lowest BCUT2D eigenvalue weighted by Crippen LogP contribution is -2.22. The minimum absolute atomic E-state index is 0.0103. The number of Topliss-reactive ketones (excluding diaryl/α,β-unsaturated/α-hetero) is 2. The molecule has 0 saturated heterocycles. The van der Waals surface area contributed by atoms with Crippen LogP contribution in [0.2, 0.25) is 0 Å². The van der Waals surface area contributed by atoms with Crippen LogP contribution in [0.3, 0.4) is 0 Å². The van der Waals surface area contributed by atoms with Gasteiger partial charge in [0.1, 0.15) is 11.5 Å². The summed E-state index contributed by atoms with van der Waals surface area (Å²) in [6.07, 6.45) is 2.79. The number of hydrogen-bond acceptors (Lipinski definition) is 10. The topological polar surface area (TPSA) is 163 Å². The van der Waals surface area contributed by atoms with Crippen molar-refractivity contribution in [3.8, 4) is 22.6 Å². The summed E-state index contributed by atoms with van der Waals surface area (Å²) in [4.78, 5) is 27.6. The molecule has 52 heavy (non-hydrogen) atoms. The second-order valence-corrected chi connectivity index (χ2v) is 13.6. The van der Waals surface area contributed by atoms with E-state index < -0.39 is 23.1 Å². The van der Waals surface area contributed by atoms with Crippen LogP contribution in [0.4, 0.5) is 11.4 Å². The quantitative estimate of drug-likeness (QED) is 0.0630. The maximum atomic E-state index is 13.8. The number of aryl methyl sites for hydroxylation is 2. The van der Waals surface area contributed by atoms with Gasteiger partial charge in [0.25, 0.3) is 0 Å². The first-order chi connectivity index (χ1) is 24.8. The molecule has 4 aromatic rings. The smallest absolute Gasteiger partial charge is 0.229 e. The predicted octanol–water partition coefficient (Wildman–Crippen LogP) is 8.31. The van der Waals surface area contributed by atoms with Crippen LogP contribution in [0.5, 0.6) is 11.5 Å². The van der Waals surface area contributed by atoms with Gasteiger partial charge < -0.3 is 42.1 Å². The molecular weight excluding hydrogens is 656 g/mol. The normalized spacial score (nSPS) is 15.8. The number of aliphatic hydroxyl groups is 2. The number of phenolic OH excluding ortho intramolecular Hbond substituents is 2. The molecule has 0 aromatic heterocycles. The van der Waals surface area contributed by atoms with E-state index in [-0.39, 0.29) is 56.7 Å². The van der Waals surface area contributed by atoms with Gasteiger partial charge in [-0.05, 0) is 72.2 Å². The Morgan fingerprint density at radius 3 is 1.21 bits per heavy atom. The molecular formula is C42H42N4O6. The van der Waals surface area contributed by atoms with E-state index in [1.807, 2.05) is 88.4 Å². The Balaban J connectivity index is 1.57. The van der Waals surface area contributed by atoms with Crippen LogP contribution in [0.25, 0.3) is 33.4 Å². The van der Waals surface area contributed by atoms with E-state index >= 15 is 0 Å². The van der Waals surface area contributed by atoms with Crippen LogP contribution in [0.15, 0.2) is 96.7 Å². The highest BCUT2D eigenvalue weighted by Gasteiger charge is 2.38. The number of benzene rings is 4. The van der Waals surface area contributed by atoms with Gasteiger partial charge in [0.2, 0.25) is 11.6 Å². The SMILES string of the molecule is Cc1cc2c(c(O)c1-c1c(C)cc3c(c1O)C(=CNNc1ccccc1)C(=O)C(O)=C3C(C)C)C(=CNNc1ccccc1)C(=O)C(O)=C2C(C)C. The second kappa shape index (κ2) is 14.1. The Morgan fingerprint density at radius 1 is 0.538 bits per heavy atom. The van der Waals surface area contributed by atoms with E-state index in [0.29, 0.717) is 33.4 Å². The number of fused-ring (bicyclic) bond motifs is 2. The molecule has 0 spiro atoms.